The van der Waals surface area contributed by atoms with Crippen LogP contribution in [0.5, 0.6) is 5.75 Å². The molecular formula is C19H15F6N3O6. The summed E-state index contributed by atoms with van der Waals surface area (Å²) in [4.78, 5) is 32.7. The lowest BCUT2D eigenvalue weighted by molar-refractivity contribution is -0.388. The van der Waals surface area contributed by atoms with Crippen molar-refractivity contribution in [3.63, 3.8) is 0 Å². The summed E-state index contributed by atoms with van der Waals surface area (Å²) >= 11 is 0. The molecule has 0 heterocycles. The predicted molar refractivity (Wildman–Crippen MR) is 104 cm³/mol. The van der Waals surface area contributed by atoms with Crippen LogP contribution in [0.4, 0.5) is 43.4 Å². The molecule has 0 spiro atoms. The molecule has 2 rings (SSSR count). The number of ether oxygens (including phenoxy) is 1. The number of nitro benzene ring substituents is 1. The monoisotopic (exact) mass is 495 g/mol. The second-order valence-electron chi connectivity index (χ2n) is 6.98. The third kappa shape index (κ3) is 6.81. The molecule has 34 heavy (non-hydrogen) atoms. The van der Waals surface area contributed by atoms with Gasteiger partial charge in [-0.3, -0.25) is 19.7 Å². The molecule has 0 aliphatic rings. The molecule has 2 amide bonds. The molecule has 0 unspecified atom stereocenters. The van der Waals surface area contributed by atoms with Gasteiger partial charge in [0.2, 0.25) is 0 Å². The second-order valence-corrected chi connectivity index (χ2v) is 6.98. The average molecular weight is 495 g/mol. The maximum atomic E-state index is 13.1. The molecule has 0 aromatic heterocycles. The molecule has 1 atom stereocenters. The zero-order valence-electron chi connectivity index (χ0n) is 17.0. The summed E-state index contributed by atoms with van der Waals surface area (Å²) in [6.07, 6.45) is -10.2. The van der Waals surface area contributed by atoms with Gasteiger partial charge in [0.05, 0.1) is 4.92 Å². The van der Waals surface area contributed by atoms with Crippen molar-refractivity contribution in [2.45, 2.75) is 24.9 Å². The van der Waals surface area contributed by atoms with Crippen molar-refractivity contribution in [2.24, 2.45) is 0 Å². The van der Waals surface area contributed by atoms with E-state index in [2.05, 4.69) is 0 Å². The van der Waals surface area contributed by atoms with Crippen LogP contribution < -0.4 is 15.4 Å². The van der Waals surface area contributed by atoms with Crippen molar-refractivity contribution in [3.8, 4) is 5.75 Å². The van der Waals surface area contributed by atoms with E-state index in [0.29, 0.717) is 12.1 Å². The fraction of sp³-hybridized carbons (Fsp3) is 0.263. The highest BCUT2D eigenvalue weighted by molar-refractivity contribution is 5.97. The maximum Gasteiger partial charge on any atom is 0.471 e. The number of nitro groups is 1. The van der Waals surface area contributed by atoms with Crippen LogP contribution in [0.3, 0.4) is 0 Å². The van der Waals surface area contributed by atoms with Crippen molar-refractivity contribution in [1.82, 2.24) is 0 Å². The quantitative estimate of drug-likeness (QED) is 0.304. The number of aliphatic hydroxyl groups is 1. The van der Waals surface area contributed by atoms with E-state index in [9.17, 15) is 51.2 Å². The van der Waals surface area contributed by atoms with Gasteiger partial charge in [0.1, 0.15) is 17.9 Å². The number of rotatable bonds is 7. The number of nitrogens with one attached hydrogen (secondary N) is 2. The van der Waals surface area contributed by atoms with Crippen LogP contribution in [-0.2, 0) is 15.8 Å². The van der Waals surface area contributed by atoms with Crippen molar-refractivity contribution in [1.29, 1.82) is 0 Å². The Balaban J connectivity index is 2.05. The number of nitrogens with zero attached hydrogens (tertiary/aromatic N) is 1. The van der Waals surface area contributed by atoms with Crippen molar-refractivity contribution in [2.75, 3.05) is 17.2 Å². The minimum atomic E-state index is -5.09. The highest BCUT2D eigenvalue weighted by Gasteiger charge is 2.40. The molecule has 0 radical (unpaired) electrons. The lowest BCUT2D eigenvalue weighted by atomic mass is 10.1. The van der Waals surface area contributed by atoms with Gasteiger partial charge in [-0.05, 0) is 43.3 Å². The summed E-state index contributed by atoms with van der Waals surface area (Å²) in [6.45, 7) is 0.239. The number of carbonyl (C=O) groups excluding carboxylic acids is 2. The molecule has 0 bridgehead atoms. The topological polar surface area (TPSA) is 131 Å². The molecular weight excluding hydrogens is 480 g/mol. The van der Waals surface area contributed by atoms with Crippen LogP contribution in [0.15, 0.2) is 42.5 Å². The number of hydrogen-bond donors (Lipinski definition) is 3. The van der Waals surface area contributed by atoms with Crippen LogP contribution >= 0.6 is 0 Å². The Bertz CT molecular complexity index is 1080. The van der Waals surface area contributed by atoms with Gasteiger partial charge in [-0.1, -0.05) is 0 Å². The minimum Gasteiger partial charge on any atom is -0.490 e. The number of amides is 2. The summed E-state index contributed by atoms with van der Waals surface area (Å²) in [6, 6.07) is 6.10. The molecule has 184 valence electrons. The Labute approximate surface area is 186 Å². The van der Waals surface area contributed by atoms with Crippen LogP contribution in [0.1, 0.15) is 12.5 Å². The number of alkyl halides is 6. The van der Waals surface area contributed by atoms with Crippen LogP contribution in [0.25, 0.3) is 0 Å². The first-order valence-electron chi connectivity index (χ1n) is 9.01. The highest BCUT2D eigenvalue weighted by Crippen LogP contribution is 2.37. The lowest BCUT2D eigenvalue weighted by Gasteiger charge is -2.23. The average Bonchev–Trinajstić information content (AvgIpc) is 2.71. The maximum absolute atomic E-state index is 13.1. The highest BCUT2D eigenvalue weighted by atomic mass is 19.4. The second kappa shape index (κ2) is 9.54. The number of carbonyl (C=O) groups is 2. The van der Waals surface area contributed by atoms with E-state index < -0.39 is 58.2 Å². The lowest BCUT2D eigenvalue weighted by Crippen LogP contribution is -2.45. The summed E-state index contributed by atoms with van der Waals surface area (Å²) in [5.74, 6) is -3.42. The Hall–Kier alpha value is -3.88. The van der Waals surface area contributed by atoms with E-state index in [1.165, 1.54) is 0 Å². The van der Waals surface area contributed by atoms with Gasteiger partial charge in [-0.15, -0.1) is 0 Å². The normalized spacial score (nSPS) is 13.5. The zero-order chi connectivity index (χ0) is 25.9. The van der Waals surface area contributed by atoms with Gasteiger partial charge >= 0.3 is 18.3 Å². The van der Waals surface area contributed by atoms with Gasteiger partial charge in [-0.2, -0.15) is 26.3 Å². The Morgan fingerprint density at radius 3 is 2.00 bits per heavy atom. The molecule has 0 saturated carbocycles. The Morgan fingerprint density at radius 2 is 1.50 bits per heavy atom. The van der Waals surface area contributed by atoms with E-state index >= 15 is 0 Å². The molecule has 0 fully saturated rings. The standard InChI is InChI=1S/C19H15F6N3O6/c1-17(31,9-34-12-5-2-10(3-6-12)26-16(30)19(23,24)25)15(29)27-11-4-7-14(28(32)33)13(8-11)18(20,21)22/h2-8,31H,9H2,1H3,(H,26,30)(H,27,29)/t17-/m0/s1. The van der Waals surface area contributed by atoms with Crippen molar-refractivity contribution >= 4 is 28.9 Å². The van der Waals surface area contributed by atoms with Gasteiger partial charge in [0.25, 0.3) is 11.6 Å². The molecule has 15 heteroatoms. The van der Waals surface area contributed by atoms with Crippen LogP contribution in [0.2, 0.25) is 0 Å². The fourth-order valence-electron chi connectivity index (χ4n) is 2.39. The smallest absolute Gasteiger partial charge is 0.471 e. The van der Waals surface area contributed by atoms with Gasteiger partial charge in [-0.25, -0.2) is 0 Å². The zero-order valence-corrected chi connectivity index (χ0v) is 17.0. The first-order valence-corrected chi connectivity index (χ1v) is 9.01. The van der Waals surface area contributed by atoms with E-state index in [4.69, 9.17) is 4.74 Å². The summed E-state index contributed by atoms with van der Waals surface area (Å²) in [5.41, 5.74) is -5.83. The Morgan fingerprint density at radius 1 is 0.971 bits per heavy atom. The fourth-order valence-corrected chi connectivity index (χ4v) is 2.39. The number of hydrogen-bond acceptors (Lipinski definition) is 6. The minimum absolute atomic E-state index is 0.0206. The Kier molecular flexibility index (Phi) is 7.40. The molecule has 2 aromatic rings. The molecule has 3 N–H and O–H groups in total. The summed E-state index contributed by atoms with van der Waals surface area (Å²) < 4.78 is 81.1. The van der Waals surface area contributed by atoms with Crippen LogP contribution in [-0.4, -0.2) is 40.2 Å². The summed E-state index contributed by atoms with van der Waals surface area (Å²) in [7, 11) is 0. The van der Waals surface area contributed by atoms with E-state index in [1.807, 2.05) is 5.32 Å². The molecule has 2 aromatic carbocycles. The van der Waals surface area contributed by atoms with Crippen LogP contribution in [0, 0.1) is 10.1 Å². The number of benzene rings is 2. The number of anilines is 2. The van der Waals surface area contributed by atoms with Crippen molar-refractivity contribution < 1.29 is 50.7 Å². The van der Waals surface area contributed by atoms with E-state index in [-0.39, 0.29) is 11.4 Å². The molecule has 0 aliphatic carbocycles. The third-order valence-electron chi connectivity index (χ3n) is 4.14. The summed E-state index contributed by atoms with van der Waals surface area (Å²) in [5, 5.41) is 24.7. The molecule has 0 saturated heterocycles. The van der Waals surface area contributed by atoms with E-state index in [1.54, 1.807) is 5.32 Å². The largest absolute Gasteiger partial charge is 0.490 e. The molecule has 0 aliphatic heterocycles. The van der Waals surface area contributed by atoms with Gasteiger partial charge in [0, 0.05) is 17.4 Å². The van der Waals surface area contributed by atoms with Crippen molar-refractivity contribution in [3.05, 3.63) is 58.1 Å². The first kappa shape index (κ1) is 26.4. The predicted octanol–water partition coefficient (Wildman–Crippen LogP) is 3.88. The third-order valence-corrected chi connectivity index (χ3v) is 4.14. The number of halogens is 6. The van der Waals surface area contributed by atoms with Gasteiger partial charge in [0.15, 0.2) is 5.60 Å². The van der Waals surface area contributed by atoms with E-state index in [0.717, 1.165) is 37.3 Å². The SMILES string of the molecule is C[C@](O)(COc1ccc(NC(=O)C(F)(F)F)cc1)C(=O)Nc1ccc([N+](=O)[O-])c(C(F)(F)F)c1. The first-order chi connectivity index (χ1) is 15.5. The van der Waals surface area contributed by atoms with Gasteiger partial charge < -0.3 is 20.5 Å². The molecule has 9 nitrogen and oxygen atoms in total.